The molecule has 5 heteroatoms. The van der Waals surface area contributed by atoms with Crippen LogP contribution in [0.1, 0.15) is 11.1 Å². The number of hydrogen-bond acceptors (Lipinski definition) is 2. The summed E-state index contributed by atoms with van der Waals surface area (Å²) in [6.45, 7) is 4.12. The van der Waals surface area contributed by atoms with E-state index >= 15 is 0 Å². The van der Waals surface area contributed by atoms with E-state index in [4.69, 9.17) is 4.42 Å². The zero-order valence-corrected chi connectivity index (χ0v) is 15.2. The van der Waals surface area contributed by atoms with Crippen molar-refractivity contribution in [3.63, 3.8) is 0 Å². The highest BCUT2D eigenvalue weighted by Crippen LogP contribution is 2.27. The van der Waals surface area contributed by atoms with Crippen molar-refractivity contribution in [2.45, 2.75) is 13.8 Å². The monoisotopic (exact) mass is 444 g/mol. The third-order valence-electron chi connectivity index (χ3n) is 3.03. The van der Waals surface area contributed by atoms with E-state index in [0.29, 0.717) is 5.89 Å². The standard InChI is InChI=1S/C15H14BrN2O.HI/c1-9-4-10(2)14-13(5-9)17-15(19-14)11-6-12(16)8-18(3)7-11;/h4-8H,1-3H3;1H/q+1;/p-1. The maximum absolute atomic E-state index is 5.90. The number of rotatable bonds is 1. The van der Waals surface area contributed by atoms with Crippen LogP contribution in [0.4, 0.5) is 0 Å². The first-order valence-electron chi connectivity index (χ1n) is 6.07. The van der Waals surface area contributed by atoms with Gasteiger partial charge in [0.25, 0.3) is 0 Å². The fourth-order valence-electron chi connectivity index (χ4n) is 2.29. The quantitative estimate of drug-likeness (QED) is 0.408. The number of pyridine rings is 1. The summed E-state index contributed by atoms with van der Waals surface area (Å²) in [6.07, 6.45) is 3.99. The molecule has 0 aliphatic rings. The number of fused-ring (bicyclic) bond motifs is 1. The third-order valence-corrected chi connectivity index (χ3v) is 3.46. The van der Waals surface area contributed by atoms with Gasteiger partial charge in [-0.25, -0.2) is 9.55 Å². The fraction of sp³-hybridized carbons (Fsp3) is 0.200. The van der Waals surface area contributed by atoms with Crippen molar-refractivity contribution >= 4 is 27.0 Å². The predicted octanol–water partition coefficient (Wildman–Crippen LogP) is 0.703. The van der Waals surface area contributed by atoms with Gasteiger partial charge in [0.05, 0.1) is 4.47 Å². The topological polar surface area (TPSA) is 29.9 Å². The molecular weight excluding hydrogens is 431 g/mol. The molecule has 3 aromatic rings. The lowest BCUT2D eigenvalue weighted by Crippen LogP contribution is -3.00. The molecule has 20 heavy (non-hydrogen) atoms. The van der Waals surface area contributed by atoms with Crippen LogP contribution < -0.4 is 28.5 Å². The first-order valence-corrected chi connectivity index (χ1v) is 6.86. The van der Waals surface area contributed by atoms with Gasteiger partial charge in [-0.3, -0.25) is 0 Å². The van der Waals surface area contributed by atoms with Crippen molar-refractivity contribution in [1.82, 2.24) is 4.98 Å². The lowest BCUT2D eigenvalue weighted by Gasteiger charge is -1.95. The number of benzene rings is 1. The van der Waals surface area contributed by atoms with Gasteiger partial charge in [-0.15, -0.1) is 0 Å². The number of aromatic nitrogens is 2. The van der Waals surface area contributed by atoms with Crippen LogP contribution in [0.15, 0.2) is 39.5 Å². The molecule has 0 fully saturated rings. The highest BCUT2D eigenvalue weighted by atomic mass is 127. The summed E-state index contributed by atoms with van der Waals surface area (Å²) in [5, 5.41) is 0. The van der Waals surface area contributed by atoms with Gasteiger partial charge in [0.15, 0.2) is 18.0 Å². The molecule has 0 atom stereocenters. The summed E-state index contributed by atoms with van der Waals surface area (Å²) in [4.78, 5) is 4.59. The molecular formula is C15H14BrIN2O. The summed E-state index contributed by atoms with van der Waals surface area (Å²) in [7, 11) is 1.98. The minimum Gasteiger partial charge on any atom is -1.00 e. The summed E-state index contributed by atoms with van der Waals surface area (Å²) in [6, 6.07) is 6.17. The fourth-order valence-corrected chi connectivity index (χ4v) is 2.86. The van der Waals surface area contributed by atoms with Crippen LogP contribution in [0, 0.1) is 13.8 Å². The molecule has 0 N–H and O–H groups in total. The second-order valence-corrected chi connectivity index (χ2v) is 5.77. The second kappa shape index (κ2) is 5.81. The lowest BCUT2D eigenvalue weighted by molar-refractivity contribution is -0.671. The summed E-state index contributed by atoms with van der Waals surface area (Å²) in [5.41, 5.74) is 5.06. The molecule has 104 valence electrons. The number of hydrogen-bond donors (Lipinski definition) is 0. The molecule has 1 aromatic carbocycles. The van der Waals surface area contributed by atoms with Crippen molar-refractivity contribution in [3.05, 3.63) is 46.2 Å². The second-order valence-electron chi connectivity index (χ2n) is 4.86. The number of halogens is 2. The summed E-state index contributed by atoms with van der Waals surface area (Å²) < 4.78 is 8.89. The van der Waals surface area contributed by atoms with Crippen LogP contribution in [0.5, 0.6) is 0 Å². The van der Waals surface area contributed by atoms with Gasteiger partial charge >= 0.3 is 0 Å². The van der Waals surface area contributed by atoms with E-state index in [9.17, 15) is 0 Å². The smallest absolute Gasteiger partial charge is 0.233 e. The van der Waals surface area contributed by atoms with E-state index in [1.165, 1.54) is 5.56 Å². The van der Waals surface area contributed by atoms with E-state index in [0.717, 1.165) is 26.7 Å². The van der Waals surface area contributed by atoms with E-state index in [1.54, 1.807) is 0 Å². The van der Waals surface area contributed by atoms with Crippen LogP contribution in [0.2, 0.25) is 0 Å². The molecule has 3 nitrogen and oxygen atoms in total. The summed E-state index contributed by atoms with van der Waals surface area (Å²) >= 11 is 3.49. The van der Waals surface area contributed by atoms with Gasteiger partial charge < -0.3 is 28.4 Å². The summed E-state index contributed by atoms with van der Waals surface area (Å²) in [5.74, 6) is 0.653. The molecule has 0 spiro atoms. The lowest BCUT2D eigenvalue weighted by atomic mass is 10.1. The largest absolute Gasteiger partial charge is 1.00 e. The first kappa shape index (κ1) is 15.4. The minimum absolute atomic E-state index is 0. The SMILES string of the molecule is Cc1cc(C)c2oc(-c3cc(Br)c[n+](C)c3)nc2c1.[I-]. The average Bonchev–Trinajstić information content (AvgIpc) is 2.71. The van der Waals surface area contributed by atoms with E-state index in [-0.39, 0.29) is 24.0 Å². The Kier molecular flexibility index (Phi) is 4.49. The molecule has 0 bridgehead atoms. The van der Waals surface area contributed by atoms with Gasteiger partial charge in [-0.2, -0.15) is 0 Å². The van der Waals surface area contributed by atoms with E-state index in [1.807, 2.05) is 43.1 Å². The van der Waals surface area contributed by atoms with Gasteiger partial charge in [0.2, 0.25) is 5.89 Å². The Morgan fingerprint density at radius 2 is 1.90 bits per heavy atom. The van der Waals surface area contributed by atoms with Crippen LogP contribution in [-0.2, 0) is 7.05 Å². The minimum atomic E-state index is 0. The molecule has 0 radical (unpaired) electrons. The predicted molar refractivity (Wildman–Crippen MR) is 77.8 cm³/mol. The van der Waals surface area contributed by atoms with Crippen LogP contribution >= 0.6 is 15.9 Å². The Morgan fingerprint density at radius 1 is 1.15 bits per heavy atom. The highest BCUT2D eigenvalue weighted by molar-refractivity contribution is 9.10. The molecule has 3 rings (SSSR count). The van der Waals surface area contributed by atoms with Gasteiger partial charge in [0, 0.05) is 0 Å². The van der Waals surface area contributed by atoms with Crippen LogP contribution in [-0.4, -0.2) is 4.98 Å². The van der Waals surface area contributed by atoms with E-state index in [2.05, 4.69) is 33.9 Å². The molecule has 2 aromatic heterocycles. The first-order chi connectivity index (χ1) is 9.02. The van der Waals surface area contributed by atoms with Gasteiger partial charge in [0.1, 0.15) is 18.1 Å². The Morgan fingerprint density at radius 3 is 2.60 bits per heavy atom. The van der Waals surface area contributed by atoms with Crippen molar-refractivity contribution in [2.75, 3.05) is 0 Å². The highest BCUT2D eigenvalue weighted by Gasteiger charge is 2.14. The molecule has 0 aliphatic carbocycles. The molecule has 0 saturated heterocycles. The third kappa shape index (κ3) is 2.88. The molecule has 0 unspecified atom stereocenters. The Balaban J connectivity index is 0.00000147. The van der Waals surface area contributed by atoms with Gasteiger partial charge in [-0.1, -0.05) is 6.07 Å². The van der Waals surface area contributed by atoms with Crippen LogP contribution in [0.25, 0.3) is 22.6 Å². The normalized spacial score (nSPS) is 10.6. The number of aryl methyl sites for hydroxylation is 3. The van der Waals surface area contributed by atoms with Crippen molar-refractivity contribution in [1.29, 1.82) is 0 Å². The van der Waals surface area contributed by atoms with Crippen molar-refractivity contribution in [2.24, 2.45) is 7.05 Å². The maximum atomic E-state index is 5.90. The van der Waals surface area contributed by atoms with Crippen LogP contribution in [0.3, 0.4) is 0 Å². The van der Waals surface area contributed by atoms with Crippen molar-refractivity contribution in [3.8, 4) is 11.5 Å². The Bertz CT molecular complexity index is 763. The molecule has 0 amide bonds. The van der Waals surface area contributed by atoms with Gasteiger partial charge in [-0.05, 0) is 53.0 Å². The molecule has 0 aliphatic heterocycles. The van der Waals surface area contributed by atoms with Crippen molar-refractivity contribution < 1.29 is 33.0 Å². The average molecular weight is 445 g/mol. The number of nitrogens with zero attached hydrogens (tertiary/aromatic N) is 2. The zero-order chi connectivity index (χ0) is 13.6. The maximum Gasteiger partial charge on any atom is 0.233 e. The molecule has 0 saturated carbocycles. The zero-order valence-electron chi connectivity index (χ0n) is 11.4. The Labute approximate surface area is 143 Å². The Hall–Kier alpha value is -0.950. The molecule has 2 heterocycles. The van der Waals surface area contributed by atoms with E-state index < -0.39 is 0 Å². The number of oxazole rings is 1.